The molecule has 0 fully saturated rings. The van der Waals surface area contributed by atoms with Crippen LogP contribution in [0.1, 0.15) is 53.4 Å². The van der Waals surface area contributed by atoms with Crippen molar-refractivity contribution >= 4 is 8.24 Å². The predicted octanol–water partition coefficient (Wildman–Crippen LogP) is 4.16. The third-order valence-electron chi connectivity index (χ3n) is 3.56. The van der Waals surface area contributed by atoms with Crippen LogP contribution in [0.5, 0.6) is 0 Å². The third kappa shape index (κ3) is 4.14. The normalized spacial score (nSPS) is 12.4. The van der Waals surface area contributed by atoms with Gasteiger partial charge in [0.2, 0.25) is 0 Å². The summed E-state index contributed by atoms with van der Waals surface area (Å²) in [6.45, 7) is 9.42. The first-order chi connectivity index (χ1) is 6.63. The second-order valence-corrected chi connectivity index (χ2v) is 9.73. The Morgan fingerprint density at radius 3 is 1.64 bits per heavy atom. The van der Waals surface area contributed by atoms with Gasteiger partial charge in [-0.1, -0.05) is 53.4 Å². The summed E-state index contributed by atoms with van der Waals surface area (Å²) in [7, 11) is 1.05. The maximum absolute atomic E-state index is 3.72. The highest BCUT2D eigenvalue weighted by Crippen LogP contribution is 2.29. The van der Waals surface area contributed by atoms with Crippen LogP contribution in [0.25, 0.3) is 0 Å². The molecule has 0 saturated heterocycles. The van der Waals surface area contributed by atoms with Gasteiger partial charge < -0.3 is 4.98 Å². The second kappa shape index (κ2) is 7.47. The van der Waals surface area contributed by atoms with Crippen molar-refractivity contribution in [1.82, 2.24) is 4.98 Å². The lowest BCUT2D eigenvalue weighted by Gasteiger charge is -2.35. The maximum atomic E-state index is 3.72. The second-order valence-electron chi connectivity index (χ2n) is 4.77. The molecule has 0 aliphatic heterocycles. The molecule has 0 aromatic rings. The Balaban J connectivity index is 4.27. The van der Waals surface area contributed by atoms with Crippen molar-refractivity contribution in [2.75, 3.05) is 7.05 Å². The van der Waals surface area contributed by atoms with E-state index in [1.165, 1.54) is 37.8 Å². The molecule has 0 amide bonds. The van der Waals surface area contributed by atoms with E-state index in [1.54, 1.807) is 0 Å². The Morgan fingerprint density at radius 1 is 1.00 bits per heavy atom. The van der Waals surface area contributed by atoms with Crippen LogP contribution < -0.4 is 4.98 Å². The van der Waals surface area contributed by atoms with Crippen molar-refractivity contribution in [2.24, 2.45) is 0 Å². The van der Waals surface area contributed by atoms with Gasteiger partial charge in [-0.25, -0.2) is 0 Å². The fraction of sp³-hybridized carbons (Fsp3) is 1.00. The molecule has 0 radical (unpaired) electrons. The van der Waals surface area contributed by atoms with E-state index in [0.717, 1.165) is 5.54 Å². The highest BCUT2D eigenvalue weighted by molar-refractivity contribution is 6.78. The molecule has 0 aromatic heterocycles. The molecule has 0 aliphatic carbocycles. The zero-order valence-electron chi connectivity index (χ0n) is 10.8. The van der Waals surface area contributed by atoms with Gasteiger partial charge in [-0.05, 0) is 24.7 Å². The van der Waals surface area contributed by atoms with Crippen molar-refractivity contribution < 1.29 is 0 Å². The minimum atomic E-state index is -1.14. The average molecular weight is 215 g/mol. The highest BCUT2D eigenvalue weighted by Gasteiger charge is 2.33. The average Bonchev–Trinajstić information content (AvgIpc) is 2.18. The van der Waals surface area contributed by atoms with E-state index < -0.39 is 8.24 Å². The van der Waals surface area contributed by atoms with Crippen molar-refractivity contribution in [3.8, 4) is 0 Å². The standard InChI is InChI=1S/C12H29NSi/c1-6-8-10-14(13-5,12(3)4)11-9-7-2/h12-13H,6-11H2,1-5H3. The first-order valence-electron chi connectivity index (χ1n) is 6.31. The number of rotatable bonds is 8. The summed E-state index contributed by atoms with van der Waals surface area (Å²) >= 11 is 0. The largest absolute Gasteiger partial charge is 0.340 e. The number of unbranched alkanes of at least 4 members (excludes halogenated alkanes) is 2. The van der Waals surface area contributed by atoms with Crippen LogP contribution >= 0.6 is 0 Å². The van der Waals surface area contributed by atoms with Crippen molar-refractivity contribution in [1.29, 1.82) is 0 Å². The predicted molar refractivity (Wildman–Crippen MR) is 69.3 cm³/mol. The molecular formula is C12H29NSi. The van der Waals surface area contributed by atoms with Gasteiger partial charge in [0.15, 0.2) is 0 Å². The topological polar surface area (TPSA) is 12.0 Å². The minimum Gasteiger partial charge on any atom is -0.340 e. The van der Waals surface area contributed by atoms with Crippen molar-refractivity contribution in [2.45, 2.75) is 71.0 Å². The molecule has 0 saturated carbocycles. The molecule has 0 bridgehead atoms. The Hall–Kier alpha value is 0.177. The van der Waals surface area contributed by atoms with Crippen LogP contribution in [0.15, 0.2) is 0 Å². The van der Waals surface area contributed by atoms with E-state index >= 15 is 0 Å². The van der Waals surface area contributed by atoms with Crippen LogP contribution in [0, 0.1) is 0 Å². The SMILES string of the molecule is CCCC[Si](CCCC)(NC)C(C)C. The quantitative estimate of drug-likeness (QED) is 0.600. The molecule has 86 valence electrons. The zero-order valence-corrected chi connectivity index (χ0v) is 11.8. The molecule has 0 rings (SSSR count). The smallest absolute Gasteiger partial charge is 0.128 e. The van der Waals surface area contributed by atoms with Crippen molar-refractivity contribution in [3.63, 3.8) is 0 Å². The molecule has 0 aliphatic rings. The molecule has 0 atom stereocenters. The summed E-state index contributed by atoms with van der Waals surface area (Å²) in [6, 6.07) is 2.94. The highest BCUT2D eigenvalue weighted by atomic mass is 28.3. The number of nitrogens with one attached hydrogen (secondary N) is 1. The Morgan fingerprint density at radius 2 is 1.43 bits per heavy atom. The molecule has 0 aromatic carbocycles. The minimum absolute atomic E-state index is 0.880. The summed E-state index contributed by atoms with van der Waals surface area (Å²) in [5.41, 5.74) is 0.880. The maximum Gasteiger partial charge on any atom is 0.128 e. The van der Waals surface area contributed by atoms with E-state index in [-0.39, 0.29) is 0 Å². The van der Waals surface area contributed by atoms with Crippen LogP contribution in [-0.4, -0.2) is 15.3 Å². The van der Waals surface area contributed by atoms with E-state index in [4.69, 9.17) is 0 Å². The fourth-order valence-corrected chi connectivity index (χ4v) is 6.68. The third-order valence-corrected chi connectivity index (χ3v) is 9.25. The van der Waals surface area contributed by atoms with E-state index in [1.807, 2.05) is 0 Å². The van der Waals surface area contributed by atoms with Crippen LogP contribution in [0.3, 0.4) is 0 Å². The first-order valence-corrected chi connectivity index (χ1v) is 8.81. The van der Waals surface area contributed by atoms with Gasteiger partial charge in [-0.3, -0.25) is 0 Å². The van der Waals surface area contributed by atoms with E-state index in [2.05, 4.69) is 39.7 Å². The van der Waals surface area contributed by atoms with Gasteiger partial charge in [0.05, 0.1) is 0 Å². The lowest BCUT2D eigenvalue weighted by atomic mass is 10.4. The van der Waals surface area contributed by atoms with E-state index in [0.29, 0.717) is 0 Å². The summed E-state index contributed by atoms with van der Waals surface area (Å²) < 4.78 is 0. The van der Waals surface area contributed by atoms with Crippen molar-refractivity contribution in [3.05, 3.63) is 0 Å². The van der Waals surface area contributed by atoms with Gasteiger partial charge in [0.25, 0.3) is 0 Å². The van der Waals surface area contributed by atoms with Gasteiger partial charge in [0, 0.05) is 0 Å². The van der Waals surface area contributed by atoms with Crippen LogP contribution in [0.2, 0.25) is 17.6 Å². The van der Waals surface area contributed by atoms with Crippen LogP contribution in [-0.2, 0) is 0 Å². The summed E-state index contributed by atoms with van der Waals surface area (Å²) in [6.07, 6.45) is 5.51. The summed E-state index contributed by atoms with van der Waals surface area (Å²) in [5.74, 6) is 0. The molecule has 1 N–H and O–H groups in total. The zero-order chi connectivity index (χ0) is 11.0. The van der Waals surface area contributed by atoms with E-state index in [9.17, 15) is 0 Å². The lowest BCUT2D eigenvalue weighted by molar-refractivity contribution is 0.770. The molecule has 1 nitrogen and oxygen atoms in total. The fourth-order valence-electron chi connectivity index (χ4n) is 2.23. The molecule has 2 heteroatoms. The Kier molecular flexibility index (Phi) is 7.56. The Bertz CT molecular complexity index is 126. The first kappa shape index (κ1) is 14.2. The monoisotopic (exact) mass is 215 g/mol. The number of hydrogen-bond acceptors (Lipinski definition) is 1. The lowest BCUT2D eigenvalue weighted by Crippen LogP contribution is -2.50. The summed E-state index contributed by atoms with van der Waals surface area (Å²) in [4.78, 5) is 3.72. The van der Waals surface area contributed by atoms with Crippen LogP contribution in [0.4, 0.5) is 0 Å². The number of hydrogen-bond donors (Lipinski definition) is 1. The van der Waals surface area contributed by atoms with Gasteiger partial charge in [0.1, 0.15) is 8.24 Å². The Labute approximate surface area is 91.8 Å². The van der Waals surface area contributed by atoms with Gasteiger partial charge in [-0.15, -0.1) is 0 Å². The molecule has 0 unspecified atom stereocenters. The molecule has 14 heavy (non-hydrogen) atoms. The molecular weight excluding hydrogens is 186 g/mol. The summed E-state index contributed by atoms with van der Waals surface area (Å²) in [5, 5.41) is 0. The van der Waals surface area contributed by atoms with Gasteiger partial charge >= 0.3 is 0 Å². The molecule has 0 heterocycles. The molecule has 0 spiro atoms. The van der Waals surface area contributed by atoms with Gasteiger partial charge in [-0.2, -0.15) is 0 Å².